The standard InChI is InChI=1S/C35H30ClN3O6S2/c1-16-3-6-18(7-4-16)37-25(40)15-45-24-12-5-17(36)13-21(24)26-27-22-14-23(30(27)46-32-31(26)47-35(43)38-32)29-28(22)33(41)39(34(29)42)19-8-10-20(44-2)11-9-19/h3-13,22-23,26-30H,14-15H2,1-2H3,(H,37,40)(H,38,43)/t22-,23-,26-,27?,28?,29?,30?/m1/s1. The maximum absolute atomic E-state index is 14.1. The fourth-order valence-electron chi connectivity index (χ4n) is 8.22. The zero-order valence-electron chi connectivity index (χ0n) is 25.4. The highest BCUT2D eigenvalue weighted by atomic mass is 35.5. The number of nitrogens with one attached hydrogen (secondary N) is 2. The molecule has 4 unspecified atom stereocenters. The SMILES string of the molecule is COc1ccc(N2C(=O)C3C(C2=O)[C@@H]2C[C@H]3C3Sc4[nH]c(=O)sc4[C@H](c4cc(Cl)ccc4OCC(=O)Nc4ccc(C)cc4)C32)cc1. The van der Waals surface area contributed by atoms with Crippen LogP contribution < -0.4 is 24.6 Å². The van der Waals surface area contributed by atoms with E-state index in [1.54, 1.807) is 55.3 Å². The molecular weight excluding hydrogens is 658 g/mol. The number of nitrogens with zero attached hydrogens (tertiary/aromatic N) is 1. The summed E-state index contributed by atoms with van der Waals surface area (Å²) in [5, 5.41) is 4.14. The van der Waals surface area contributed by atoms with Crippen molar-refractivity contribution < 1.29 is 23.9 Å². The van der Waals surface area contributed by atoms with E-state index in [0.29, 0.717) is 27.9 Å². The molecule has 0 spiro atoms. The molecule has 2 bridgehead atoms. The second-order valence-electron chi connectivity index (χ2n) is 12.6. The molecule has 8 rings (SSSR count). The Morgan fingerprint density at radius 2 is 1.72 bits per heavy atom. The van der Waals surface area contributed by atoms with E-state index in [2.05, 4.69) is 10.3 Å². The Morgan fingerprint density at radius 3 is 2.45 bits per heavy atom. The first-order chi connectivity index (χ1) is 22.7. The Morgan fingerprint density at radius 1 is 1.00 bits per heavy atom. The van der Waals surface area contributed by atoms with E-state index in [0.717, 1.165) is 38.8 Å². The zero-order valence-corrected chi connectivity index (χ0v) is 27.8. The van der Waals surface area contributed by atoms with Gasteiger partial charge in [0.2, 0.25) is 11.8 Å². The first-order valence-corrected chi connectivity index (χ1v) is 17.5. The van der Waals surface area contributed by atoms with Crippen molar-refractivity contribution in [3.8, 4) is 11.5 Å². The molecule has 47 heavy (non-hydrogen) atoms. The van der Waals surface area contributed by atoms with Gasteiger partial charge in [0.15, 0.2) is 6.61 Å². The van der Waals surface area contributed by atoms with Crippen LogP contribution in [0.25, 0.3) is 0 Å². The number of ether oxygens (including phenoxy) is 2. The minimum Gasteiger partial charge on any atom is -0.497 e. The summed E-state index contributed by atoms with van der Waals surface area (Å²) >= 11 is 9.36. The normalized spacial score (nSPS) is 27.0. The van der Waals surface area contributed by atoms with Crippen LogP contribution >= 0.6 is 34.7 Å². The molecule has 2 aliphatic carbocycles. The lowest BCUT2D eigenvalue weighted by Crippen LogP contribution is -2.42. The van der Waals surface area contributed by atoms with E-state index < -0.39 is 11.8 Å². The van der Waals surface area contributed by atoms with Crippen LogP contribution in [0.4, 0.5) is 11.4 Å². The van der Waals surface area contributed by atoms with Crippen LogP contribution in [-0.4, -0.2) is 41.7 Å². The van der Waals surface area contributed by atoms with E-state index in [4.69, 9.17) is 21.1 Å². The summed E-state index contributed by atoms with van der Waals surface area (Å²) in [5.41, 5.74) is 3.06. The predicted octanol–water partition coefficient (Wildman–Crippen LogP) is 6.10. The van der Waals surface area contributed by atoms with E-state index in [-0.39, 0.29) is 58.1 Å². The third kappa shape index (κ3) is 4.98. The van der Waals surface area contributed by atoms with Crippen molar-refractivity contribution in [2.24, 2.45) is 29.6 Å². The molecule has 2 saturated carbocycles. The zero-order chi connectivity index (χ0) is 32.6. The average Bonchev–Trinajstić information content (AvgIpc) is 3.80. The number of aromatic nitrogens is 1. The molecule has 1 aromatic heterocycles. The Bertz CT molecular complexity index is 1980. The molecule has 3 amide bonds. The maximum atomic E-state index is 14.1. The second kappa shape index (κ2) is 11.6. The van der Waals surface area contributed by atoms with Crippen molar-refractivity contribution >= 4 is 63.8 Å². The molecule has 9 nitrogen and oxygen atoms in total. The van der Waals surface area contributed by atoms with Crippen LogP contribution in [0.5, 0.6) is 11.5 Å². The molecule has 0 radical (unpaired) electrons. The van der Waals surface area contributed by atoms with E-state index in [1.807, 2.05) is 37.3 Å². The monoisotopic (exact) mass is 687 g/mol. The number of aryl methyl sites for hydroxylation is 1. The van der Waals surface area contributed by atoms with Crippen molar-refractivity contribution in [3.63, 3.8) is 0 Å². The van der Waals surface area contributed by atoms with Gasteiger partial charge in [-0.15, -0.1) is 11.8 Å². The number of aromatic amines is 1. The number of carbonyl (C=O) groups is 3. The molecule has 3 heterocycles. The number of H-pyrrole nitrogens is 1. The molecule has 4 aromatic rings. The van der Waals surface area contributed by atoms with Gasteiger partial charge in [-0.2, -0.15) is 0 Å². The summed E-state index contributed by atoms with van der Waals surface area (Å²) in [5.74, 6) is -0.895. The highest BCUT2D eigenvalue weighted by molar-refractivity contribution is 8.00. The van der Waals surface area contributed by atoms with Gasteiger partial charge in [0.1, 0.15) is 11.5 Å². The molecule has 12 heteroatoms. The van der Waals surface area contributed by atoms with Gasteiger partial charge in [0.05, 0.1) is 29.7 Å². The Labute approximate surface area is 283 Å². The number of benzene rings is 3. The smallest absolute Gasteiger partial charge is 0.305 e. The number of thiazole rings is 1. The van der Waals surface area contributed by atoms with Crippen LogP contribution in [0.2, 0.25) is 5.02 Å². The third-order valence-electron chi connectivity index (χ3n) is 10.1. The Hall–Kier alpha value is -4.06. The minimum atomic E-state index is -0.458. The molecule has 7 atom stereocenters. The molecule has 4 aliphatic rings. The number of rotatable bonds is 7. The van der Waals surface area contributed by atoms with E-state index in [9.17, 15) is 19.2 Å². The molecule has 3 aromatic carbocycles. The van der Waals surface area contributed by atoms with E-state index >= 15 is 0 Å². The molecular formula is C35H30ClN3O6S2. The number of anilines is 2. The van der Waals surface area contributed by atoms with Gasteiger partial charge in [-0.1, -0.05) is 40.6 Å². The average molecular weight is 688 g/mol. The van der Waals surface area contributed by atoms with Crippen LogP contribution in [0.3, 0.4) is 0 Å². The number of imide groups is 1. The number of carbonyl (C=O) groups excluding carboxylic acids is 3. The summed E-state index contributed by atoms with van der Waals surface area (Å²) in [7, 11) is 1.57. The van der Waals surface area contributed by atoms with Crippen LogP contribution in [-0.2, 0) is 14.4 Å². The van der Waals surface area contributed by atoms with E-state index in [1.165, 1.54) is 4.90 Å². The topological polar surface area (TPSA) is 118 Å². The number of methoxy groups -OCH3 is 1. The molecule has 2 aliphatic heterocycles. The first-order valence-electron chi connectivity index (χ1n) is 15.4. The summed E-state index contributed by atoms with van der Waals surface area (Å²) < 4.78 is 11.4. The number of hydrogen-bond acceptors (Lipinski definition) is 8. The van der Waals surface area contributed by atoms with Crippen molar-refractivity contribution in [3.05, 3.63) is 97.4 Å². The van der Waals surface area contributed by atoms with Crippen LogP contribution in [0.15, 0.2) is 76.6 Å². The van der Waals surface area contributed by atoms with Gasteiger partial charge in [0.25, 0.3) is 5.91 Å². The lowest BCUT2D eigenvalue weighted by Gasteiger charge is -2.43. The quantitative estimate of drug-likeness (QED) is 0.226. The third-order valence-corrected chi connectivity index (χ3v) is 12.9. The maximum Gasteiger partial charge on any atom is 0.305 e. The van der Waals surface area contributed by atoms with Crippen molar-refractivity contribution in [1.29, 1.82) is 0 Å². The fraction of sp³-hybridized carbons (Fsp3) is 0.314. The van der Waals surface area contributed by atoms with Gasteiger partial charge < -0.3 is 19.8 Å². The summed E-state index contributed by atoms with van der Waals surface area (Å²) in [6.45, 7) is 1.75. The summed E-state index contributed by atoms with van der Waals surface area (Å²) in [4.78, 5) is 58.8. The largest absolute Gasteiger partial charge is 0.497 e. The fourth-order valence-corrected chi connectivity index (χ4v) is 11.3. The van der Waals surface area contributed by atoms with Crippen molar-refractivity contribution in [2.75, 3.05) is 23.9 Å². The minimum absolute atomic E-state index is 0.00626. The highest BCUT2D eigenvalue weighted by Crippen LogP contribution is 2.69. The highest BCUT2D eigenvalue weighted by Gasteiger charge is 2.69. The number of fused-ring (bicyclic) bond motifs is 9. The Balaban J connectivity index is 1.13. The lowest BCUT2D eigenvalue weighted by atomic mass is 9.68. The van der Waals surface area contributed by atoms with Gasteiger partial charge in [0, 0.05) is 32.3 Å². The van der Waals surface area contributed by atoms with Crippen molar-refractivity contribution in [1.82, 2.24) is 4.98 Å². The van der Waals surface area contributed by atoms with Crippen molar-refractivity contribution in [2.45, 2.75) is 29.5 Å². The van der Waals surface area contributed by atoms with Gasteiger partial charge in [-0.3, -0.25) is 24.1 Å². The van der Waals surface area contributed by atoms with Crippen LogP contribution in [0, 0.1) is 36.5 Å². The first kappa shape index (κ1) is 30.3. The van der Waals surface area contributed by atoms with Gasteiger partial charge in [-0.25, -0.2) is 0 Å². The summed E-state index contributed by atoms with van der Waals surface area (Å²) in [6.07, 6.45) is 0.747. The summed E-state index contributed by atoms with van der Waals surface area (Å²) in [6, 6.07) is 19.8. The number of hydrogen-bond donors (Lipinski definition) is 2. The predicted molar refractivity (Wildman–Crippen MR) is 181 cm³/mol. The lowest BCUT2D eigenvalue weighted by molar-refractivity contribution is -0.123. The van der Waals surface area contributed by atoms with Gasteiger partial charge >= 0.3 is 4.87 Å². The second-order valence-corrected chi connectivity index (χ2v) is 15.2. The Kier molecular flexibility index (Phi) is 7.46. The molecule has 3 fully saturated rings. The number of halogens is 1. The number of amides is 3. The number of thioether (sulfide) groups is 1. The molecule has 2 N–H and O–H groups in total. The molecule has 240 valence electrons. The molecule has 1 saturated heterocycles. The van der Waals surface area contributed by atoms with Gasteiger partial charge in [-0.05, 0) is 85.7 Å². The van der Waals surface area contributed by atoms with Crippen LogP contribution in [0.1, 0.15) is 28.3 Å².